The smallest absolute Gasteiger partial charge is 0.340 e. The molecule has 0 N–H and O–H groups in total. The standard InChI is InChI=1S/C22H28O6/c1-13-9-10-17-14(2)19(24-18(23)15-7-5-4-6-8-15)25-20-22(17)16(13)11-12-21(3,26-20)27-28-22/h4-8,13-14,16-17,19-20H,9-12H2,1-3H3/t13-,14-,16?,17?,19?,20-,21?,22-/m1/s1. The van der Waals surface area contributed by atoms with Crippen LogP contribution in [0, 0.1) is 23.7 Å². The molecule has 1 aromatic rings. The van der Waals surface area contributed by atoms with Crippen molar-refractivity contribution in [2.24, 2.45) is 23.7 Å². The minimum Gasteiger partial charge on any atom is -0.432 e. The van der Waals surface area contributed by atoms with Crippen molar-refractivity contribution in [3.8, 4) is 0 Å². The highest BCUT2D eigenvalue weighted by Gasteiger charge is 2.69. The zero-order valence-corrected chi connectivity index (χ0v) is 16.6. The van der Waals surface area contributed by atoms with Crippen LogP contribution < -0.4 is 0 Å². The molecule has 1 saturated carbocycles. The van der Waals surface area contributed by atoms with E-state index in [4.69, 9.17) is 24.0 Å². The first-order valence-electron chi connectivity index (χ1n) is 10.4. The van der Waals surface area contributed by atoms with Crippen molar-refractivity contribution in [2.45, 2.75) is 70.4 Å². The lowest BCUT2D eigenvalue weighted by Gasteiger charge is -2.59. The second kappa shape index (κ2) is 6.52. The van der Waals surface area contributed by atoms with E-state index in [2.05, 4.69) is 13.8 Å². The van der Waals surface area contributed by atoms with Crippen molar-refractivity contribution in [1.29, 1.82) is 0 Å². The number of fused-ring (bicyclic) bond motifs is 2. The Labute approximate surface area is 165 Å². The first-order valence-corrected chi connectivity index (χ1v) is 10.4. The molecule has 5 aliphatic rings. The lowest BCUT2D eigenvalue weighted by Crippen LogP contribution is -2.70. The first kappa shape index (κ1) is 18.6. The summed E-state index contributed by atoms with van der Waals surface area (Å²) >= 11 is 0. The fraction of sp³-hybridized carbons (Fsp3) is 0.682. The van der Waals surface area contributed by atoms with E-state index in [1.165, 1.54) is 0 Å². The third kappa shape index (κ3) is 2.65. The fourth-order valence-electron chi connectivity index (χ4n) is 5.75. The van der Waals surface area contributed by atoms with Gasteiger partial charge in [-0.15, -0.1) is 0 Å². The van der Waals surface area contributed by atoms with E-state index >= 15 is 0 Å². The highest BCUT2D eigenvalue weighted by Crippen LogP contribution is 2.60. The van der Waals surface area contributed by atoms with Crippen molar-refractivity contribution in [2.75, 3.05) is 0 Å². The van der Waals surface area contributed by atoms with Crippen molar-refractivity contribution in [3.05, 3.63) is 35.9 Å². The fourth-order valence-corrected chi connectivity index (χ4v) is 5.75. The summed E-state index contributed by atoms with van der Waals surface area (Å²) < 4.78 is 18.4. The van der Waals surface area contributed by atoms with E-state index in [9.17, 15) is 4.79 Å². The van der Waals surface area contributed by atoms with Gasteiger partial charge in [-0.1, -0.05) is 32.0 Å². The van der Waals surface area contributed by atoms with Crippen LogP contribution in [0.25, 0.3) is 0 Å². The topological polar surface area (TPSA) is 63.2 Å². The molecule has 5 fully saturated rings. The Hall–Kier alpha value is -1.47. The van der Waals surface area contributed by atoms with Crippen LogP contribution in [0.5, 0.6) is 0 Å². The molecule has 4 heterocycles. The Morgan fingerprint density at radius 2 is 1.86 bits per heavy atom. The maximum atomic E-state index is 12.6. The first-order chi connectivity index (χ1) is 13.4. The van der Waals surface area contributed by atoms with Crippen LogP contribution in [-0.4, -0.2) is 29.9 Å². The quantitative estimate of drug-likeness (QED) is 0.563. The molecule has 28 heavy (non-hydrogen) atoms. The normalized spacial score (nSPS) is 47.1. The van der Waals surface area contributed by atoms with E-state index in [0.717, 1.165) is 25.7 Å². The molecule has 1 aromatic carbocycles. The van der Waals surface area contributed by atoms with Crippen LogP contribution in [0.3, 0.4) is 0 Å². The third-order valence-electron chi connectivity index (χ3n) is 7.33. The maximum Gasteiger partial charge on any atom is 0.340 e. The van der Waals surface area contributed by atoms with Crippen LogP contribution in [0.15, 0.2) is 30.3 Å². The van der Waals surface area contributed by atoms with Crippen LogP contribution in [0.1, 0.15) is 56.8 Å². The number of hydrogen-bond donors (Lipinski definition) is 0. The molecule has 0 aromatic heterocycles. The Bertz CT molecular complexity index is 753. The number of carbonyl (C=O) groups excluding carboxylic acids is 1. The highest BCUT2D eigenvalue weighted by molar-refractivity contribution is 5.89. The SMILES string of the molecule is C[C@H]1C(OC(=O)c2ccccc2)O[C@@H]2OC3(C)CCC4[C@H](C)CCC1[C@]42OO3. The van der Waals surface area contributed by atoms with E-state index in [0.29, 0.717) is 17.4 Å². The van der Waals surface area contributed by atoms with Crippen LogP contribution in [-0.2, 0) is 24.0 Å². The summed E-state index contributed by atoms with van der Waals surface area (Å²) in [4.78, 5) is 24.5. The van der Waals surface area contributed by atoms with Gasteiger partial charge in [-0.25, -0.2) is 14.6 Å². The summed E-state index contributed by atoms with van der Waals surface area (Å²) in [6.07, 6.45) is 2.56. The lowest BCUT2D eigenvalue weighted by molar-refractivity contribution is -0.576. The molecule has 1 aliphatic carbocycles. The van der Waals surface area contributed by atoms with Crippen LogP contribution in [0.2, 0.25) is 0 Å². The van der Waals surface area contributed by atoms with Gasteiger partial charge >= 0.3 is 5.97 Å². The number of carbonyl (C=O) groups is 1. The number of ether oxygens (including phenoxy) is 3. The zero-order valence-electron chi connectivity index (χ0n) is 16.6. The van der Waals surface area contributed by atoms with Gasteiger partial charge in [-0.3, -0.25) is 0 Å². The molecular weight excluding hydrogens is 360 g/mol. The number of esters is 1. The van der Waals surface area contributed by atoms with Crippen molar-refractivity contribution in [1.82, 2.24) is 0 Å². The average molecular weight is 388 g/mol. The highest BCUT2D eigenvalue weighted by atomic mass is 17.3. The van der Waals surface area contributed by atoms with E-state index in [1.807, 2.05) is 25.1 Å². The lowest BCUT2D eigenvalue weighted by atomic mass is 9.58. The van der Waals surface area contributed by atoms with Gasteiger partial charge in [0.25, 0.3) is 0 Å². The Morgan fingerprint density at radius 3 is 2.64 bits per heavy atom. The molecule has 6 nitrogen and oxygen atoms in total. The second-order valence-corrected chi connectivity index (χ2v) is 9.05. The summed E-state index contributed by atoms with van der Waals surface area (Å²) in [5, 5.41) is 0. The van der Waals surface area contributed by atoms with Crippen molar-refractivity contribution in [3.63, 3.8) is 0 Å². The summed E-state index contributed by atoms with van der Waals surface area (Å²) in [5.74, 6) is -0.278. The van der Waals surface area contributed by atoms with Gasteiger partial charge in [0.2, 0.25) is 12.1 Å². The molecule has 4 aliphatic heterocycles. The van der Waals surface area contributed by atoms with Gasteiger partial charge in [-0.2, -0.15) is 0 Å². The molecular formula is C22H28O6. The molecule has 0 radical (unpaired) electrons. The summed E-state index contributed by atoms with van der Waals surface area (Å²) in [5.41, 5.74) is -0.119. The molecule has 152 valence electrons. The monoisotopic (exact) mass is 388 g/mol. The minimum atomic E-state index is -0.827. The van der Waals surface area contributed by atoms with Gasteiger partial charge in [0, 0.05) is 18.3 Å². The van der Waals surface area contributed by atoms with Gasteiger partial charge in [0.15, 0.2) is 11.9 Å². The van der Waals surface area contributed by atoms with Crippen molar-refractivity contribution < 1.29 is 28.8 Å². The van der Waals surface area contributed by atoms with Crippen LogP contribution in [0.4, 0.5) is 0 Å². The Balaban J connectivity index is 1.46. The second-order valence-electron chi connectivity index (χ2n) is 9.05. The number of rotatable bonds is 2. The predicted octanol–water partition coefficient (Wildman–Crippen LogP) is 4.05. The molecule has 6 rings (SSSR count). The summed E-state index contributed by atoms with van der Waals surface area (Å²) in [7, 11) is 0. The van der Waals surface area contributed by atoms with Crippen molar-refractivity contribution >= 4 is 5.97 Å². The Kier molecular flexibility index (Phi) is 4.32. The zero-order chi connectivity index (χ0) is 19.5. The van der Waals surface area contributed by atoms with E-state index in [-0.39, 0.29) is 17.8 Å². The summed E-state index contributed by atoms with van der Waals surface area (Å²) in [6.45, 7) is 6.25. The van der Waals surface area contributed by atoms with E-state index < -0.39 is 24.0 Å². The molecule has 6 heteroatoms. The van der Waals surface area contributed by atoms with Gasteiger partial charge in [0.1, 0.15) is 0 Å². The maximum absolute atomic E-state index is 12.6. The third-order valence-corrected chi connectivity index (χ3v) is 7.33. The van der Waals surface area contributed by atoms with Gasteiger partial charge in [0.05, 0.1) is 5.56 Å². The molecule has 1 spiro atoms. The summed E-state index contributed by atoms with van der Waals surface area (Å²) in [6, 6.07) is 9.01. The average Bonchev–Trinajstić information content (AvgIpc) is 2.92. The van der Waals surface area contributed by atoms with Crippen LogP contribution >= 0.6 is 0 Å². The number of benzene rings is 1. The minimum absolute atomic E-state index is 0.0198. The molecule has 2 bridgehead atoms. The predicted molar refractivity (Wildman–Crippen MR) is 98.7 cm³/mol. The Morgan fingerprint density at radius 1 is 1.07 bits per heavy atom. The van der Waals surface area contributed by atoms with E-state index in [1.54, 1.807) is 12.1 Å². The number of hydrogen-bond acceptors (Lipinski definition) is 6. The molecule has 8 atom stereocenters. The molecule has 4 unspecified atom stereocenters. The van der Waals surface area contributed by atoms with Gasteiger partial charge < -0.3 is 14.2 Å². The largest absolute Gasteiger partial charge is 0.432 e. The van der Waals surface area contributed by atoms with Gasteiger partial charge in [-0.05, 0) is 50.2 Å². The molecule has 0 amide bonds. The molecule has 4 saturated heterocycles.